The maximum absolute atomic E-state index is 8.96. The molecule has 0 aromatic carbocycles. The molecule has 1 unspecified atom stereocenters. The van der Waals surface area contributed by atoms with E-state index in [-0.39, 0.29) is 5.92 Å². The van der Waals surface area contributed by atoms with E-state index >= 15 is 0 Å². The Morgan fingerprint density at radius 2 is 2.29 bits per heavy atom. The van der Waals surface area contributed by atoms with Crippen LogP contribution in [0.2, 0.25) is 0 Å². The van der Waals surface area contributed by atoms with Crippen LogP contribution in [0.5, 0.6) is 0 Å². The lowest BCUT2D eigenvalue weighted by molar-refractivity contribution is 0.323. The minimum Gasteiger partial charge on any atom is -0.503 e. The molecule has 0 rings (SSSR count). The first kappa shape index (κ1) is 12.8. The van der Waals surface area contributed by atoms with Gasteiger partial charge in [-0.2, -0.15) is 5.26 Å². The molecule has 0 spiro atoms. The Kier molecular flexibility index (Phi) is 6.59. The summed E-state index contributed by atoms with van der Waals surface area (Å²) in [7, 11) is 7.36. The van der Waals surface area contributed by atoms with Crippen LogP contribution >= 0.6 is 0 Å². The molecular weight excluding hydrogens is 178 g/mol. The largest absolute Gasteiger partial charge is 0.503 e. The second-order valence-corrected chi connectivity index (χ2v) is 3.33. The van der Waals surface area contributed by atoms with E-state index in [1.54, 1.807) is 20.4 Å². The van der Waals surface area contributed by atoms with Gasteiger partial charge in [0.05, 0.1) is 24.8 Å². The first-order valence-electron chi connectivity index (χ1n) is 4.60. The summed E-state index contributed by atoms with van der Waals surface area (Å²) in [6.07, 6.45) is 2.39. The highest BCUT2D eigenvalue weighted by atomic mass is 16.5. The molecule has 0 saturated heterocycles. The van der Waals surface area contributed by atoms with Crippen LogP contribution < -0.4 is 5.32 Å². The lowest BCUT2D eigenvalue weighted by atomic mass is 10.0. The van der Waals surface area contributed by atoms with Crippen molar-refractivity contribution in [1.29, 1.82) is 5.26 Å². The van der Waals surface area contributed by atoms with Crippen LogP contribution in [-0.4, -0.2) is 39.7 Å². The van der Waals surface area contributed by atoms with Crippen molar-refractivity contribution >= 4 is 0 Å². The number of methoxy groups -OCH3 is 1. The van der Waals surface area contributed by atoms with E-state index in [4.69, 9.17) is 10.00 Å². The molecule has 4 nitrogen and oxygen atoms in total. The predicted octanol–water partition coefficient (Wildman–Crippen LogP) is 0.785. The zero-order valence-corrected chi connectivity index (χ0v) is 9.37. The van der Waals surface area contributed by atoms with Crippen molar-refractivity contribution in [1.82, 2.24) is 10.2 Å². The molecule has 1 atom stereocenters. The number of allylic oxidation sites excluding steroid dienone is 1. The number of nitriles is 1. The highest BCUT2D eigenvalue weighted by Crippen LogP contribution is 2.11. The van der Waals surface area contributed by atoms with E-state index in [1.165, 1.54) is 0 Å². The van der Waals surface area contributed by atoms with Gasteiger partial charge >= 0.3 is 0 Å². The van der Waals surface area contributed by atoms with Gasteiger partial charge in [0.15, 0.2) is 0 Å². The van der Waals surface area contributed by atoms with Gasteiger partial charge < -0.3 is 15.0 Å². The fraction of sp³-hybridized carbons (Fsp3) is 0.700. The lowest BCUT2D eigenvalue weighted by Gasteiger charge is -2.15. The van der Waals surface area contributed by atoms with Crippen molar-refractivity contribution in [2.45, 2.75) is 6.42 Å². The number of hydrogen-bond donors (Lipinski definition) is 1. The summed E-state index contributed by atoms with van der Waals surface area (Å²) in [6.45, 7) is 0.890. The molecule has 0 radical (unpaired) electrons. The fourth-order valence-electron chi connectivity index (χ4n) is 1.12. The van der Waals surface area contributed by atoms with Crippen molar-refractivity contribution in [2.75, 3.05) is 34.8 Å². The Morgan fingerprint density at radius 1 is 1.64 bits per heavy atom. The van der Waals surface area contributed by atoms with Crippen LogP contribution in [0.25, 0.3) is 0 Å². The topological polar surface area (TPSA) is 48.3 Å². The average Bonchev–Trinajstić information content (AvgIpc) is 2.16. The molecule has 0 aromatic rings. The summed E-state index contributed by atoms with van der Waals surface area (Å²) < 4.78 is 4.90. The summed E-state index contributed by atoms with van der Waals surface area (Å²) >= 11 is 0. The van der Waals surface area contributed by atoms with Crippen LogP contribution in [0.3, 0.4) is 0 Å². The highest BCUT2D eigenvalue weighted by molar-refractivity contribution is 5.09. The molecule has 0 aliphatic rings. The highest BCUT2D eigenvalue weighted by Gasteiger charge is 2.12. The third kappa shape index (κ3) is 4.73. The summed E-state index contributed by atoms with van der Waals surface area (Å²) in [5.41, 5.74) is 0.830. The molecule has 0 bridgehead atoms. The smallest absolute Gasteiger partial charge is 0.103 e. The minimum absolute atomic E-state index is 0.123. The van der Waals surface area contributed by atoms with Crippen LogP contribution in [0, 0.1) is 17.2 Å². The van der Waals surface area contributed by atoms with E-state index in [0.717, 1.165) is 18.7 Å². The quantitative estimate of drug-likeness (QED) is 0.639. The zero-order valence-electron chi connectivity index (χ0n) is 9.37. The van der Waals surface area contributed by atoms with Crippen molar-refractivity contribution in [3.8, 4) is 6.07 Å². The third-order valence-corrected chi connectivity index (χ3v) is 1.93. The number of ether oxygens (including phenoxy) is 1. The minimum atomic E-state index is -0.123. The van der Waals surface area contributed by atoms with Crippen LogP contribution in [-0.2, 0) is 4.74 Å². The monoisotopic (exact) mass is 197 g/mol. The van der Waals surface area contributed by atoms with E-state index < -0.39 is 0 Å². The van der Waals surface area contributed by atoms with Crippen LogP contribution in [0.1, 0.15) is 6.42 Å². The van der Waals surface area contributed by atoms with Gasteiger partial charge in [-0.25, -0.2) is 0 Å². The Bertz CT molecular complexity index is 218. The summed E-state index contributed by atoms with van der Waals surface area (Å²) in [5.74, 6) is -0.123. The Morgan fingerprint density at radius 3 is 2.64 bits per heavy atom. The second kappa shape index (κ2) is 7.22. The zero-order chi connectivity index (χ0) is 11.0. The van der Waals surface area contributed by atoms with E-state index in [2.05, 4.69) is 16.3 Å². The Hall–Kier alpha value is -1.21. The van der Waals surface area contributed by atoms with Gasteiger partial charge in [0.1, 0.15) is 6.26 Å². The van der Waals surface area contributed by atoms with Crippen molar-refractivity contribution in [3.63, 3.8) is 0 Å². The average molecular weight is 197 g/mol. The molecule has 4 heteroatoms. The van der Waals surface area contributed by atoms with E-state index in [9.17, 15) is 0 Å². The lowest BCUT2D eigenvalue weighted by Crippen LogP contribution is -2.21. The van der Waals surface area contributed by atoms with Crippen LogP contribution in [0.4, 0.5) is 0 Å². The number of nitrogens with one attached hydrogen (secondary N) is 1. The number of hydrogen-bond acceptors (Lipinski definition) is 4. The van der Waals surface area contributed by atoms with Gasteiger partial charge in [-0.15, -0.1) is 0 Å². The van der Waals surface area contributed by atoms with Gasteiger partial charge in [-0.05, 0) is 27.1 Å². The van der Waals surface area contributed by atoms with Gasteiger partial charge in [0.2, 0.25) is 0 Å². The summed E-state index contributed by atoms with van der Waals surface area (Å²) in [5, 5.41) is 11.9. The normalized spacial score (nSPS) is 13.6. The molecule has 1 N–H and O–H groups in total. The van der Waals surface area contributed by atoms with Gasteiger partial charge in [-0.1, -0.05) is 0 Å². The molecular formula is C10H19N3O. The molecule has 0 heterocycles. The van der Waals surface area contributed by atoms with Crippen molar-refractivity contribution in [3.05, 3.63) is 12.0 Å². The van der Waals surface area contributed by atoms with Gasteiger partial charge in [0.25, 0.3) is 0 Å². The fourth-order valence-corrected chi connectivity index (χ4v) is 1.12. The number of nitrogens with zero attached hydrogens (tertiary/aromatic N) is 2. The maximum Gasteiger partial charge on any atom is 0.103 e. The molecule has 0 fully saturated rings. The van der Waals surface area contributed by atoms with Crippen molar-refractivity contribution < 1.29 is 4.74 Å². The molecule has 0 aromatic heterocycles. The van der Waals surface area contributed by atoms with Gasteiger partial charge in [-0.3, -0.25) is 0 Å². The van der Waals surface area contributed by atoms with Gasteiger partial charge in [0, 0.05) is 7.05 Å². The third-order valence-electron chi connectivity index (χ3n) is 1.93. The molecule has 0 aliphatic carbocycles. The van der Waals surface area contributed by atoms with E-state index in [0.29, 0.717) is 0 Å². The maximum atomic E-state index is 8.96. The summed E-state index contributed by atoms with van der Waals surface area (Å²) in [6, 6.07) is 2.26. The standard InChI is InChI=1S/C10H19N3O/c1-12-10(8-14-4)9(7-11)5-6-13(2)3/h8-9,12H,5-6H2,1-4H3/b10-8-. The second-order valence-electron chi connectivity index (χ2n) is 3.33. The SMILES string of the molecule is CN/C(=C\OC)C(C#N)CCN(C)C. The van der Waals surface area contributed by atoms with E-state index in [1.807, 2.05) is 14.1 Å². The molecule has 0 saturated carbocycles. The first-order chi connectivity index (χ1) is 6.65. The van der Waals surface area contributed by atoms with Crippen molar-refractivity contribution in [2.24, 2.45) is 5.92 Å². The van der Waals surface area contributed by atoms with Crippen LogP contribution in [0.15, 0.2) is 12.0 Å². The first-order valence-corrected chi connectivity index (χ1v) is 4.60. The summed E-state index contributed by atoms with van der Waals surface area (Å²) in [4.78, 5) is 2.06. The molecule has 14 heavy (non-hydrogen) atoms. The molecule has 80 valence electrons. The molecule has 0 aliphatic heterocycles. The predicted molar refractivity (Wildman–Crippen MR) is 56.4 cm³/mol. The Balaban J connectivity index is 4.25. The molecule has 0 amide bonds. The Labute approximate surface area is 86.1 Å². The number of rotatable bonds is 6.